The maximum Gasteiger partial charge on any atom is 0.267 e. The van der Waals surface area contributed by atoms with Gasteiger partial charge in [0.2, 0.25) is 5.91 Å². The maximum absolute atomic E-state index is 11.9. The molecule has 1 aliphatic rings. The Morgan fingerprint density at radius 1 is 1.48 bits per heavy atom. The van der Waals surface area contributed by atoms with Crippen LogP contribution in [0, 0.1) is 0 Å². The molecule has 122 valence electrons. The van der Waals surface area contributed by atoms with E-state index in [2.05, 4.69) is 20.3 Å². The molecule has 0 saturated heterocycles. The zero-order chi connectivity index (χ0) is 16.4. The molecule has 3 heterocycles. The second-order valence-electron chi connectivity index (χ2n) is 5.56. The van der Waals surface area contributed by atoms with E-state index in [0.717, 1.165) is 29.9 Å². The molecule has 0 saturated carbocycles. The minimum absolute atomic E-state index is 0.0466. The number of carbonyl (C=O) groups excluding carboxylic acids is 1. The van der Waals surface area contributed by atoms with Crippen molar-refractivity contribution >= 4 is 22.4 Å². The third kappa shape index (κ3) is 3.65. The predicted octanol–water partition coefficient (Wildman–Crippen LogP) is 1.24. The first kappa shape index (κ1) is 15.8. The molecule has 23 heavy (non-hydrogen) atoms. The van der Waals surface area contributed by atoms with Crippen molar-refractivity contribution in [3.63, 3.8) is 0 Å². The lowest BCUT2D eigenvalue weighted by Gasteiger charge is -2.27. The molecule has 0 aliphatic carbocycles. The number of nitrogens with one attached hydrogen (secondary N) is 1. The third-order valence-corrected chi connectivity index (χ3v) is 4.55. The number of fused-ring (bicyclic) bond motifs is 1. The van der Waals surface area contributed by atoms with E-state index >= 15 is 0 Å². The Hall–Kier alpha value is -2.06. The van der Waals surface area contributed by atoms with Gasteiger partial charge in [0.25, 0.3) is 5.56 Å². The molecular formula is C15H19N5O2S. The van der Waals surface area contributed by atoms with Crippen molar-refractivity contribution in [1.29, 1.82) is 0 Å². The Bertz CT molecular complexity index is 782. The largest absolute Gasteiger partial charge is 0.302 e. The normalized spacial score (nSPS) is 14.5. The van der Waals surface area contributed by atoms with Gasteiger partial charge in [-0.2, -0.15) is 5.10 Å². The topological polar surface area (TPSA) is 80.1 Å². The number of thiazole rings is 1. The Balaban J connectivity index is 1.70. The van der Waals surface area contributed by atoms with Gasteiger partial charge in [0, 0.05) is 51.0 Å². The van der Waals surface area contributed by atoms with Crippen LogP contribution in [0.25, 0.3) is 0 Å². The summed E-state index contributed by atoms with van der Waals surface area (Å²) < 4.78 is 1.51. The van der Waals surface area contributed by atoms with E-state index in [4.69, 9.17) is 0 Å². The number of amides is 1. The van der Waals surface area contributed by atoms with Gasteiger partial charge in [-0.1, -0.05) is 0 Å². The van der Waals surface area contributed by atoms with Crippen LogP contribution in [-0.2, 0) is 30.8 Å². The fourth-order valence-electron chi connectivity index (χ4n) is 2.68. The lowest BCUT2D eigenvalue weighted by molar-refractivity contribution is -0.114. The summed E-state index contributed by atoms with van der Waals surface area (Å²) in [5, 5.41) is 9.70. The van der Waals surface area contributed by atoms with Crippen molar-refractivity contribution in [3.8, 4) is 0 Å². The molecule has 0 radical (unpaired) electrons. The number of nitrogens with zero attached hydrogens (tertiary/aromatic N) is 4. The minimum Gasteiger partial charge on any atom is -0.302 e. The molecule has 2 aromatic rings. The van der Waals surface area contributed by atoms with E-state index in [1.54, 1.807) is 6.07 Å². The zero-order valence-electron chi connectivity index (χ0n) is 13.2. The molecule has 0 atom stereocenters. The molecule has 0 unspecified atom stereocenters. The fourth-order valence-corrected chi connectivity index (χ4v) is 3.42. The Labute approximate surface area is 138 Å². The molecule has 7 nitrogen and oxygen atoms in total. The minimum atomic E-state index is -0.115. The highest BCUT2D eigenvalue weighted by atomic mass is 32.1. The van der Waals surface area contributed by atoms with Crippen LogP contribution in [0.5, 0.6) is 0 Å². The number of aryl methyl sites for hydroxylation is 1. The predicted molar refractivity (Wildman–Crippen MR) is 88.4 cm³/mol. The van der Waals surface area contributed by atoms with Crippen LogP contribution in [-0.4, -0.2) is 32.1 Å². The summed E-state index contributed by atoms with van der Waals surface area (Å²) in [7, 11) is 0. The quantitative estimate of drug-likeness (QED) is 0.910. The molecular weight excluding hydrogens is 314 g/mol. The first-order chi connectivity index (χ1) is 11.0. The highest BCUT2D eigenvalue weighted by molar-refractivity contribution is 7.13. The lowest BCUT2D eigenvalue weighted by atomic mass is 10.1. The standard InChI is InChI=1S/C15H19N5O2S/c1-3-20-14(22)6-11-7-19(5-4-13(11)18-20)8-12-9-23-15(17-12)16-10(2)21/h6,9H,3-5,7-8H2,1-2H3,(H,16,17,21). The van der Waals surface area contributed by atoms with Gasteiger partial charge in [0.05, 0.1) is 11.4 Å². The van der Waals surface area contributed by atoms with Crippen LogP contribution >= 0.6 is 11.3 Å². The smallest absolute Gasteiger partial charge is 0.267 e. The van der Waals surface area contributed by atoms with Crippen molar-refractivity contribution < 1.29 is 4.79 Å². The van der Waals surface area contributed by atoms with Gasteiger partial charge >= 0.3 is 0 Å². The monoisotopic (exact) mass is 333 g/mol. The zero-order valence-corrected chi connectivity index (χ0v) is 14.0. The first-order valence-corrected chi connectivity index (χ1v) is 8.47. The molecule has 0 aromatic carbocycles. The van der Waals surface area contributed by atoms with Gasteiger partial charge in [-0.3, -0.25) is 14.5 Å². The molecule has 0 fully saturated rings. The van der Waals surface area contributed by atoms with Crippen LogP contribution in [0.3, 0.4) is 0 Å². The molecule has 1 amide bonds. The van der Waals surface area contributed by atoms with Crippen molar-refractivity contribution in [2.45, 2.75) is 39.9 Å². The summed E-state index contributed by atoms with van der Waals surface area (Å²) in [6.07, 6.45) is 0.832. The average molecular weight is 333 g/mol. The highest BCUT2D eigenvalue weighted by Gasteiger charge is 2.20. The van der Waals surface area contributed by atoms with E-state index in [9.17, 15) is 9.59 Å². The van der Waals surface area contributed by atoms with Crippen molar-refractivity contribution in [2.75, 3.05) is 11.9 Å². The summed E-state index contributed by atoms with van der Waals surface area (Å²) in [6, 6.07) is 1.70. The molecule has 1 N–H and O–H groups in total. The van der Waals surface area contributed by atoms with Gasteiger partial charge in [-0.15, -0.1) is 11.3 Å². The summed E-state index contributed by atoms with van der Waals surface area (Å²) in [5.74, 6) is -0.115. The molecule has 1 aliphatic heterocycles. The molecule has 0 bridgehead atoms. The van der Waals surface area contributed by atoms with E-state index in [-0.39, 0.29) is 11.5 Å². The van der Waals surface area contributed by atoms with Gasteiger partial charge in [0.15, 0.2) is 5.13 Å². The van der Waals surface area contributed by atoms with E-state index < -0.39 is 0 Å². The number of carbonyl (C=O) groups is 1. The van der Waals surface area contributed by atoms with Crippen LogP contribution in [0.15, 0.2) is 16.2 Å². The van der Waals surface area contributed by atoms with Crippen molar-refractivity contribution in [3.05, 3.63) is 38.8 Å². The Morgan fingerprint density at radius 3 is 3.04 bits per heavy atom. The Morgan fingerprint density at radius 2 is 2.30 bits per heavy atom. The van der Waals surface area contributed by atoms with Crippen molar-refractivity contribution in [2.24, 2.45) is 0 Å². The maximum atomic E-state index is 11.9. The van der Waals surface area contributed by atoms with Crippen LogP contribution in [0.4, 0.5) is 5.13 Å². The lowest BCUT2D eigenvalue weighted by Crippen LogP contribution is -2.34. The number of rotatable bonds is 4. The number of aromatic nitrogens is 3. The van der Waals surface area contributed by atoms with Gasteiger partial charge in [-0.05, 0) is 12.5 Å². The summed E-state index contributed by atoms with van der Waals surface area (Å²) in [5.41, 5.74) is 2.90. The first-order valence-electron chi connectivity index (χ1n) is 7.59. The molecule has 3 rings (SSSR count). The number of hydrogen-bond acceptors (Lipinski definition) is 6. The molecule has 8 heteroatoms. The van der Waals surface area contributed by atoms with Gasteiger partial charge in [-0.25, -0.2) is 9.67 Å². The molecule has 2 aromatic heterocycles. The molecule has 0 spiro atoms. The second-order valence-corrected chi connectivity index (χ2v) is 6.41. The summed E-state index contributed by atoms with van der Waals surface area (Å²) >= 11 is 1.42. The van der Waals surface area contributed by atoms with E-state index in [1.165, 1.54) is 22.9 Å². The average Bonchev–Trinajstić information content (AvgIpc) is 2.92. The third-order valence-electron chi connectivity index (χ3n) is 3.74. The number of anilines is 1. The van der Waals surface area contributed by atoms with Crippen LogP contribution < -0.4 is 10.9 Å². The van der Waals surface area contributed by atoms with E-state index in [1.807, 2.05) is 12.3 Å². The summed E-state index contributed by atoms with van der Waals surface area (Å²) in [4.78, 5) is 29.6. The van der Waals surface area contributed by atoms with E-state index in [0.29, 0.717) is 24.8 Å². The van der Waals surface area contributed by atoms with Gasteiger partial charge in [0.1, 0.15) is 0 Å². The second kappa shape index (κ2) is 6.59. The van der Waals surface area contributed by atoms with Crippen molar-refractivity contribution in [1.82, 2.24) is 19.7 Å². The highest BCUT2D eigenvalue weighted by Crippen LogP contribution is 2.20. The SMILES string of the molecule is CCn1nc2c(cc1=O)CN(Cc1csc(NC(C)=O)n1)CC2. The Kier molecular flexibility index (Phi) is 4.53. The summed E-state index contributed by atoms with van der Waals surface area (Å²) in [6.45, 7) is 6.28. The number of hydrogen-bond donors (Lipinski definition) is 1. The van der Waals surface area contributed by atoms with Crippen LogP contribution in [0.1, 0.15) is 30.8 Å². The van der Waals surface area contributed by atoms with Crippen LogP contribution in [0.2, 0.25) is 0 Å². The van der Waals surface area contributed by atoms with Gasteiger partial charge < -0.3 is 5.32 Å². The fraction of sp³-hybridized carbons (Fsp3) is 0.467.